The summed E-state index contributed by atoms with van der Waals surface area (Å²) >= 11 is 7.80. The van der Waals surface area contributed by atoms with Crippen molar-refractivity contribution in [1.29, 1.82) is 0 Å². The minimum Gasteiger partial charge on any atom is -0.380 e. The number of benzene rings is 4. The number of sulfonamides is 1. The van der Waals surface area contributed by atoms with Gasteiger partial charge in [-0.25, -0.2) is 21.6 Å². The minimum absolute atomic E-state index is 0.00257. The molecule has 4 aliphatic heterocycles. The number of piperidine rings is 1. The topological polar surface area (TPSA) is 147 Å². The molecule has 0 radical (unpaired) electrons. The van der Waals surface area contributed by atoms with Crippen LogP contribution in [0.15, 0.2) is 117 Å². The molecule has 424 valence electrons. The van der Waals surface area contributed by atoms with Gasteiger partial charge in [0.1, 0.15) is 4.90 Å². The van der Waals surface area contributed by atoms with E-state index in [-0.39, 0.29) is 11.0 Å². The Kier molecular flexibility index (Phi) is 19.6. The van der Waals surface area contributed by atoms with E-state index in [0.717, 1.165) is 139 Å². The maximum Gasteiger partial charge on any atom is 0.501 e. The lowest BCUT2D eigenvalue weighted by Gasteiger charge is -2.46. The van der Waals surface area contributed by atoms with E-state index in [9.17, 15) is 34.8 Å². The fraction of sp³-hybridized carbons (Fsp3) is 0.526. The number of ether oxygens (including phenoxy) is 1. The number of sulfone groups is 1. The van der Waals surface area contributed by atoms with Gasteiger partial charge in [-0.2, -0.15) is 13.2 Å². The highest BCUT2D eigenvalue weighted by molar-refractivity contribution is 7.99. The van der Waals surface area contributed by atoms with Gasteiger partial charge in [-0.05, 0) is 141 Å². The number of thioether (sulfide) groups is 1. The molecule has 0 aromatic heterocycles. The molecule has 5 aliphatic rings. The third-order valence-electron chi connectivity index (χ3n) is 16.1. The molecule has 9 rings (SSSR count). The van der Waals surface area contributed by atoms with Crippen molar-refractivity contribution in [2.24, 2.45) is 5.41 Å². The molecule has 0 spiro atoms. The number of carbonyl (C=O) groups excluding carboxylic acids is 1. The first kappa shape index (κ1) is 58.4. The predicted octanol–water partition coefficient (Wildman–Crippen LogP) is 8.57. The van der Waals surface area contributed by atoms with Crippen molar-refractivity contribution in [2.45, 2.75) is 84.1 Å². The second-order valence-electron chi connectivity index (χ2n) is 21.8. The van der Waals surface area contributed by atoms with Crippen LogP contribution in [0.3, 0.4) is 0 Å². The molecule has 4 aromatic carbocycles. The van der Waals surface area contributed by atoms with Crippen molar-refractivity contribution < 1.29 is 39.5 Å². The van der Waals surface area contributed by atoms with E-state index in [1.54, 1.807) is 12.1 Å². The zero-order valence-corrected chi connectivity index (χ0v) is 47.7. The number of allylic oxidation sites excluding steroid dienone is 1. The van der Waals surface area contributed by atoms with Crippen LogP contribution in [0.25, 0.3) is 5.57 Å². The lowest BCUT2D eigenvalue weighted by molar-refractivity contribution is -0.0435. The Morgan fingerprint density at radius 1 is 0.833 bits per heavy atom. The van der Waals surface area contributed by atoms with Gasteiger partial charge < -0.3 is 30.1 Å². The van der Waals surface area contributed by atoms with Crippen molar-refractivity contribution in [2.75, 3.05) is 127 Å². The highest BCUT2D eigenvalue weighted by Gasteiger charge is 2.49. The predicted molar refractivity (Wildman–Crippen MR) is 305 cm³/mol. The van der Waals surface area contributed by atoms with Crippen molar-refractivity contribution in [3.8, 4) is 0 Å². The summed E-state index contributed by atoms with van der Waals surface area (Å²) in [5.74, 6) is -0.651. The summed E-state index contributed by atoms with van der Waals surface area (Å²) in [6.45, 7) is 17.4. The van der Waals surface area contributed by atoms with Crippen LogP contribution in [0.2, 0.25) is 5.02 Å². The molecule has 4 aromatic rings. The zero-order valence-electron chi connectivity index (χ0n) is 44.5. The van der Waals surface area contributed by atoms with Gasteiger partial charge in [0.2, 0.25) is 0 Å². The lowest BCUT2D eigenvalue weighted by atomic mass is 9.71. The molecule has 1 amide bonds. The fourth-order valence-electron chi connectivity index (χ4n) is 11.7. The van der Waals surface area contributed by atoms with E-state index in [1.807, 2.05) is 47.2 Å². The van der Waals surface area contributed by atoms with Gasteiger partial charge in [-0.3, -0.25) is 14.6 Å². The second-order valence-corrected chi connectivity index (χ2v) is 26.9. The first-order valence-corrected chi connectivity index (χ1v) is 31.7. The SMILES string of the molecule is C[C@@]1(CN2CCN(C3CCNCC3)CC2)CCC(c2ccc(Cl)cc2)=C(CN2CCN(c3ccc(C(=O)NS(=O)(=O)c4ccc(NC(CCN5CCCOCC5)CSc5ccccc5)c(S(=O)(=O)C(F)(F)F)c4)cc3)CC2)C1. The fourth-order valence-corrected chi connectivity index (χ4v) is 14.9. The van der Waals surface area contributed by atoms with Gasteiger partial charge in [0.25, 0.3) is 25.8 Å². The smallest absolute Gasteiger partial charge is 0.380 e. The molecule has 1 unspecified atom stereocenters. The molecule has 1 aliphatic carbocycles. The van der Waals surface area contributed by atoms with Gasteiger partial charge >= 0.3 is 5.51 Å². The first-order chi connectivity index (χ1) is 37.4. The molecular weight excluding hydrogens is 1080 g/mol. The highest BCUT2D eigenvalue weighted by Crippen LogP contribution is 2.44. The Balaban J connectivity index is 0.830. The number of piperazine rings is 2. The van der Waals surface area contributed by atoms with Crippen LogP contribution >= 0.6 is 23.4 Å². The van der Waals surface area contributed by atoms with Gasteiger partial charge in [0.15, 0.2) is 0 Å². The summed E-state index contributed by atoms with van der Waals surface area (Å²) in [6.07, 6.45) is 6.91. The summed E-state index contributed by atoms with van der Waals surface area (Å²) in [7, 11) is -10.9. The number of hydrogen-bond donors (Lipinski definition) is 3. The maximum absolute atomic E-state index is 14.3. The Bertz CT molecular complexity index is 2900. The van der Waals surface area contributed by atoms with Crippen LogP contribution in [0.1, 0.15) is 67.8 Å². The largest absolute Gasteiger partial charge is 0.501 e. The molecule has 3 N–H and O–H groups in total. The molecule has 4 fully saturated rings. The summed E-state index contributed by atoms with van der Waals surface area (Å²) in [5.41, 5.74) is -0.995. The van der Waals surface area contributed by atoms with Crippen LogP contribution < -0.4 is 20.3 Å². The zero-order chi connectivity index (χ0) is 54.9. The number of alkyl halides is 3. The Labute approximate surface area is 468 Å². The normalized spacial score (nSPS) is 21.8. The van der Waals surface area contributed by atoms with Crippen LogP contribution in [0.5, 0.6) is 0 Å². The number of anilines is 2. The highest BCUT2D eigenvalue weighted by atomic mass is 35.5. The number of hydrogen-bond acceptors (Lipinski definition) is 14. The van der Waals surface area contributed by atoms with Crippen molar-refractivity contribution in [1.82, 2.24) is 29.6 Å². The van der Waals surface area contributed by atoms with E-state index in [0.29, 0.717) is 50.6 Å². The Hall–Kier alpha value is -4.22. The Morgan fingerprint density at radius 2 is 1.54 bits per heavy atom. The van der Waals surface area contributed by atoms with Crippen LogP contribution in [0, 0.1) is 5.41 Å². The molecule has 0 bridgehead atoms. The number of carbonyl (C=O) groups is 1. The molecule has 2 atom stereocenters. The number of nitrogens with one attached hydrogen (secondary N) is 3. The number of rotatable bonds is 19. The third kappa shape index (κ3) is 15.2. The summed E-state index contributed by atoms with van der Waals surface area (Å²) in [5, 5.41) is 7.25. The minimum atomic E-state index is -6.07. The average molecular weight is 1160 g/mol. The van der Waals surface area contributed by atoms with E-state index >= 15 is 0 Å². The Morgan fingerprint density at radius 3 is 2.24 bits per heavy atom. The van der Waals surface area contributed by atoms with Crippen LogP contribution in [-0.2, 0) is 24.6 Å². The summed E-state index contributed by atoms with van der Waals surface area (Å²) in [4.78, 5) is 24.7. The first-order valence-electron chi connectivity index (χ1n) is 27.4. The molecule has 0 saturated carbocycles. The monoisotopic (exact) mass is 1150 g/mol. The van der Waals surface area contributed by atoms with E-state index < -0.39 is 52.8 Å². The quantitative estimate of drug-likeness (QED) is 0.0771. The number of amides is 1. The standard InChI is InChI=1S/C57H74ClF3N8O6S3/c1-56(42-67-29-33-69(34-30-67)49-19-23-62-24-20-49)22-18-52(43-8-12-46(58)13-9-43)45(39-56)40-66-27-31-68(32-28-66)48-14-10-44(11-15-48)55(70)64-78(73,74)51-16-17-53(54(38-51)77(71,72)57(59,60)61)63-47(41-76-50-6-3-2-4-7-50)21-26-65-25-5-36-75-37-35-65/h2-4,6-17,38,47,49,62-63H,5,18-37,39-42H2,1H3,(H,64,70)/t47?,56-/m1/s1. The van der Waals surface area contributed by atoms with Crippen molar-refractivity contribution in [3.63, 3.8) is 0 Å². The molecular formula is C57H74ClF3N8O6S3. The third-order valence-corrected chi connectivity index (χ3v) is 20.4. The molecule has 4 saturated heterocycles. The summed E-state index contributed by atoms with van der Waals surface area (Å²) < 4.78 is 104. The summed E-state index contributed by atoms with van der Waals surface area (Å²) in [6, 6.07) is 26.8. The molecule has 21 heteroatoms. The van der Waals surface area contributed by atoms with Gasteiger partial charge in [0, 0.05) is 131 Å². The van der Waals surface area contributed by atoms with E-state index in [4.69, 9.17) is 16.3 Å². The van der Waals surface area contributed by atoms with Crippen LogP contribution in [-0.4, -0.2) is 177 Å². The van der Waals surface area contributed by atoms with Gasteiger partial charge in [0.05, 0.1) is 17.2 Å². The molecule has 4 heterocycles. The second kappa shape index (κ2) is 26.1. The van der Waals surface area contributed by atoms with Crippen molar-refractivity contribution in [3.05, 3.63) is 119 Å². The molecule has 14 nitrogen and oxygen atoms in total. The van der Waals surface area contributed by atoms with Crippen LogP contribution in [0.4, 0.5) is 24.5 Å². The molecule has 78 heavy (non-hydrogen) atoms. The van der Waals surface area contributed by atoms with E-state index in [2.05, 4.69) is 54.2 Å². The van der Waals surface area contributed by atoms with Gasteiger partial charge in [-0.15, -0.1) is 11.8 Å². The maximum atomic E-state index is 14.3. The average Bonchev–Trinajstić information content (AvgIpc) is 3.84. The lowest BCUT2D eigenvalue weighted by Crippen LogP contribution is -2.54. The number of halogens is 4. The van der Waals surface area contributed by atoms with Crippen molar-refractivity contribution >= 4 is 66.1 Å². The van der Waals surface area contributed by atoms with E-state index in [1.165, 1.54) is 53.4 Å². The number of nitrogens with zero attached hydrogens (tertiary/aromatic N) is 5. The van der Waals surface area contributed by atoms with Gasteiger partial charge in [-0.1, -0.05) is 54.4 Å².